The number of H-pyrrole nitrogens is 1. The third-order valence-electron chi connectivity index (χ3n) is 3.87. The fourth-order valence-corrected chi connectivity index (χ4v) is 2.47. The molecule has 3 aromatic rings. The van der Waals surface area contributed by atoms with Gasteiger partial charge in [0.1, 0.15) is 18.7 Å². The van der Waals surface area contributed by atoms with Crippen molar-refractivity contribution in [2.24, 2.45) is 0 Å². The number of pyridine rings is 1. The number of aromatic nitrogens is 4. The van der Waals surface area contributed by atoms with Crippen LogP contribution >= 0.6 is 0 Å². The summed E-state index contributed by atoms with van der Waals surface area (Å²) < 4.78 is 55.8. The van der Waals surface area contributed by atoms with E-state index in [1.807, 2.05) is 0 Å². The van der Waals surface area contributed by atoms with Crippen LogP contribution in [0.3, 0.4) is 0 Å². The largest absolute Gasteiger partial charge is 0.480 e. The maximum atomic E-state index is 13.1. The number of nitrogens with zero attached hydrogens (tertiary/aromatic N) is 3. The molecule has 0 bridgehead atoms. The second-order valence-electron chi connectivity index (χ2n) is 5.81. The van der Waals surface area contributed by atoms with E-state index >= 15 is 0 Å². The summed E-state index contributed by atoms with van der Waals surface area (Å²) in [6.07, 6.45) is -4.05. The summed E-state index contributed by atoms with van der Waals surface area (Å²) in [7, 11) is 1.49. The molecular formula is C17H17F3N4O4. The Morgan fingerprint density at radius 3 is 2.71 bits per heavy atom. The third kappa shape index (κ3) is 4.09. The molecule has 0 aliphatic rings. The zero-order chi connectivity index (χ0) is 20.3. The molecule has 2 aromatic heterocycles. The van der Waals surface area contributed by atoms with E-state index < -0.39 is 18.0 Å². The van der Waals surface area contributed by atoms with Crippen molar-refractivity contribution in [2.75, 3.05) is 20.3 Å². The first-order chi connectivity index (χ1) is 13.3. The maximum absolute atomic E-state index is 13.1. The Hall–Kier alpha value is -3.08. The first kappa shape index (κ1) is 19.7. The zero-order valence-corrected chi connectivity index (χ0v) is 15.0. The molecule has 1 N–H and O–H groups in total. The van der Waals surface area contributed by atoms with E-state index in [-0.39, 0.29) is 35.9 Å². The van der Waals surface area contributed by atoms with Crippen molar-refractivity contribution < 1.29 is 27.4 Å². The van der Waals surface area contributed by atoms with Gasteiger partial charge in [0.15, 0.2) is 6.10 Å². The Bertz CT molecular complexity index is 1020. The minimum absolute atomic E-state index is 0.0971. The molecule has 0 saturated carbocycles. The lowest BCUT2D eigenvalue weighted by Crippen LogP contribution is -2.31. The summed E-state index contributed by atoms with van der Waals surface area (Å²) in [4.78, 5) is 18.3. The Balaban J connectivity index is 2.15. The molecule has 0 aliphatic heterocycles. The van der Waals surface area contributed by atoms with E-state index in [1.165, 1.54) is 25.7 Å². The van der Waals surface area contributed by atoms with Gasteiger partial charge < -0.3 is 14.2 Å². The van der Waals surface area contributed by atoms with Gasteiger partial charge in [0.05, 0.1) is 17.7 Å². The van der Waals surface area contributed by atoms with Crippen LogP contribution in [0, 0.1) is 0 Å². The minimum Gasteiger partial charge on any atom is -0.480 e. The predicted octanol–water partition coefficient (Wildman–Crippen LogP) is 2.46. The van der Waals surface area contributed by atoms with Crippen molar-refractivity contribution in [3.8, 4) is 17.3 Å². The molecule has 0 spiro atoms. The van der Waals surface area contributed by atoms with Crippen molar-refractivity contribution in [1.82, 2.24) is 19.7 Å². The van der Waals surface area contributed by atoms with E-state index in [4.69, 9.17) is 14.2 Å². The Morgan fingerprint density at radius 2 is 2.07 bits per heavy atom. The fourth-order valence-electron chi connectivity index (χ4n) is 2.47. The van der Waals surface area contributed by atoms with Gasteiger partial charge >= 0.3 is 11.9 Å². The molecule has 0 amide bonds. The molecule has 2 heterocycles. The lowest BCUT2D eigenvalue weighted by molar-refractivity contribution is -0.189. The van der Waals surface area contributed by atoms with Crippen molar-refractivity contribution >= 4 is 10.8 Å². The highest BCUT2D eigenvalue weighted by atomic mass is 19.4. The third-order valence-corrected chi connectivity index (χ3v) is 3.87. The summed E-state index contributed by atoms with van der Waals surface area (Å²) in [6, 6.07) is 4.44. The van der Waals surface area contributed by atoms with E-state index in [0.717, 1.165) is 11.6 Å². The van der Waals surface area contributed by atoms with Crippen LogP contribution in [0.1, 0.15) is 6.92 Å². The van der Waals surface area contributed by atoms with Crippen molar-refractivity contribution in [3.63, 3.8) is 0 Å². The highest BCUT2D eigenvalue weighted by molar-refractivity contribution is 5.94. The standard InChI is InChI=1S/C17H17F3N4O4/c1-10(17(18,19)20)28-13-8-12(24-16(25)22-9-23-24)7-11-3-4-21-15(14(11)13)27-6-5-26-2/h3-4,7-10H,5-6H2,1-2H3,(H,22,23,25). The molecule has 1 unspecified atom stereocenters. The maximum Gasteiger partial charge on any atom is 0.425 e. The zero-order valence-electron chi connectivity index (χ0n) is 15.0. The average Bonchev–Trinajstić information content (AvgIpc) is 3.07. The smallest absolute Gasteiger partial charge is 0.425 e. The van der Waals surface area contributed by atoms with E-state index in [9.17, 15) is 18.0 Å². The molecule has 0 fully saturated rings. The lowest BCUT2D eigenvalue weighted by Gasteiger charge is -2.20. The van der Waals surface area contributed by atoms with Crippen LogP contribution in [-0.2, 0) is 4.74 Å². The second-order valence-corrected chi connectivity index (χ2v) is 5.81. The molecule has 3 rings (SSSR count). The van der Waals surface area contributed by atoms with Gasteiger partial charge in [-0.25, -0.2) is 9.78 Å². The van der Waals surface area contributed by atoms with Crippen LogP contribution in [0.2, 0.25) is 0 Å². The molecule has 11 heteroatoms. The molecule has 0 radical (unpaired) electrons. The van der Waals surface area contributed by atoms with Gasteiger partial charge in [-0.2, -0.15) is 23.0 Å². The van der Waals surface area contributed by atoms with Crippen molar-refractivity contribution in [1.29, 1.82) is 0 Å². The van der Waals surface area contributed by atoms with Crippen molar-refractivity contribution in [3.05, 3.63) is 41.2 Å². The lowest BCUT2D eigenvalue weighted by atomic mass is 10.1. The minimum atomic E-state index is -4.58. The Labute approximate surface area is 156 Å². The number of nitrogens with one attached hydrogen (secondary N) is 1. The number of aromatic amines is 1. The van der Waals surface area contributed by atoms with Crippen LogP contribution in [0.4, 0.5) is 13.2 Å². The molecule has 1 aromatic carbocycles. The topological polar surface area (TPSA) is 91.3 Å². The van der Waals surface area contributed by atoms with Gasteiger partial charge in [-0.15, -0.1) is 0 Å². The molecule has 28 heavy (non-hydrogen) atoms. The van der Waals surface area contributed by atoms with E-state index in [2.05, 4.69) is 15.1 Å². The number of hydrogen-bond acceptors (Lipinski definition) is 6. The molecule has 0 saturated heterocycles. The summed E-state index contributed by atoms with van der Waals surface area (Å²) >= 11 is 0. The normalized spacial score (nSPS) is 12.9. The molecule has 0 aliphatic carbocycles. The molecule has 8 nitrogen and oxygen atoms in total. The van der Waals surface area contributed by atoms with Crippen LogP contribution in [0.15, 0.2) is 35.5 Å². The monoisotopic (exact) mass is 398 g/mol. The first-order valence-corrected chi connectivity index (χ1v) is 8.22. The predicted molar refractivity (Wildman–Crippen MR) is 93.0 cm³/mol. The molecule has 150 valence electrons. The number of halogens is 3. The Kier molecular flexibility index (Phi) is 5.54. The van der Waals surface area contributed by atoms with Gasteiger partial charge in [0, 0.05) is 19.4 Å². The van der Waals surface area contributed by atoms with E-state index in [0.29, 0.717) is 5.39 Å². The Morgan fingerprint density at radius 1 is 1.29 bits per heavy atom. The number of ether oxygens (including phenoxy) is 3. The molecular weight excluding hydrogens is 381 g/mol. The van der Waals surface area contributed by atoms with Gasteiger partial charge in [0.2, 0.25) is 5.88 Å². The van der Waals surface area contributed by atoms with Crippen molar-refractivity contribution in [2.45, 2.75) is 19.2 Å². The average molecular weight is 398 g/mol. The fraction of sp³-hybridized carbons (Fsp3) is 0.353. The summed E-state index contributed by atoms with van der Waals surface area (Å²) in [6.45, 7) is 1.31. The van der Waals surface area contributed by atoms with Crippen LogP contribution in [0.25, 0.3) is 16.5 Å². The number of hydrogen-bond donors (Lipinski definition) is 1. The second kappa shape index (κ2) is 7.89. The SMILES string of the molecule is COCCOc1nccc2cc(-n3nc[nH]c3=O)cc(OC(C)C(F)(F)F)c12. The number of benzene rings is 1. The van der Waals surface area contributed by atoms with Gasteiger partial charge in [-0.1, -0.05) is 0 Å². The van der Waals surface area contributed by atoms with Crippen LogP contribution < -0.4 is 15.2 Å². The van der Waals surface area contributed by atoms with Crippen LogP contribution in [0.5, 0.6) is 11.6 Å². The van der Waals surface area contributed by atoms with Gasteiger partial charge in [0.25, 0.3) is 0 Å². The highest BCUT2D eigenvalue weighted by Crippen LogP contribution is 2.37. The molecule has 1 atom stereocenters. The number of alkyl halides is 3. The number of rotatable bonds is 7. The first-order valence-electron chi connectivity index (χ1n) is 8.22. The van der Waals surface area contributed by atoms with Gasteiger partial charge in [-0.05, 0) is 24.4 Å². The number of fused-ring (bicyclic) bond motifs is 1. The number of methoxy groups -OCH3 is 1. The van der Waals surface area contributed by atoms with Gasteiger partial charge in [-0.3, -0.25) is 4.98 Å². The highest BCUT2D eigenvalue weighted by Gasteiger charge is 2.38. The summed E-state index contributed by atoms with van der Waals surface area (Å²) in [5.41, 5.74) is -0.308. The van der Waals surface area contributed by atoms with Crippen LogP contribution in [-0.4, -0.2) is 52.4 Å². The summed E-state index contributed by atoms with van der Waals surface area (Å²) in [5.74, 6) is -0.0346. The summed E-state index contributed by atoms with van der Waals surface area (Å²) in [5, 5.41) is 4.58. The quantitative estimate of drug-likeness (QED) is 0.615. The van der Waals surface area contributed by atoms with E-state index in [1.54, 1.807) is 12.1 Å².